The summed E-state index contributed by atoms with van der Waals surface area (Å²) in [6.07, 6.45) is 0.656. The highest BCUT2D eigenvalue weighted by Crippen LogP contribution is 2.14. The van der Waals surface area contributed by atoms with Gasteiger partial charge in [-0.1, -0.05) is 11.6 Å². The molecule has 0 saturated carbocycles. The van der Waals surface area contributed by atoms with Gasteiger partial charge in [0.1, 0.15) is 5.15 Å². The molecule has 1 N–H and O–H groups in total. The third-order valence-corrected chi connectivity index (χ3v) is 3.99. The van der Waals surface area contributed by atoms with Gasteiger partial charge in [-0.3, -0.25) is 0 Å². The van der Waals surface area contributed by atoms with Crippen LogP contribution in [0.3, 0.4) is 0 Å². The van der Waals surface area contributed by atoms with Crippen LogP contribution in [0.15, 0.2) is 23.2 Å². The van der Waals surface area contributed by atoms with Gasteiger partial charge in [-0.2, -0.15) is 0 Å². The number of aromatic nitrogens is 1. The highest BCUT2D eigenvalue weighted by atomic mass is 35.5. The Kier molecular flexibility index (Phi) is 5.48. The van der Waals surface area contributed by atoms with Crippen LogP contribution in [0.4, 0.5) is 0 Å². The Labute approximate surface area is 111 Å². The minimum Gasteiger partial charge on any atom is -0.354 e. The topological polar surface area (TPSA) is 77.5 Å². The highest BCUT2D eigenvalue weighted by Gasteiger charge is 2.23. The fourth-order valence-electron chi connectivity index (χ4n) is 1.42. The molecular weight excluding hydrogens is 280 g/mol. The SMILES string of the molecule is COC(OC)C(C)NS(=O)(=O)c1ccnc(Cl)c1. The van der Waals surface area contributed by atoms with Crippen LogP contribution in [0, 0.1) is 0 Å². The molecular formula is C10H15ClN2O4S. The number of nitrogens with zero attached hydrogens (tertiary/aromatic N) is 1. The number of methoxy groups -OCH3 is 2. The number of hydrogen-bond donors (Lipinski definition) is 1. The summed E-state index contributed by atoms with van der Waals surface area (Å²) in [7, 11) is -0.816. The molecule has 0 aliphatic rings. The minimum absolute atomic E-state index is 0.0420. The number of hydrogen-bond acceptors (Lipinski definition) is 5. The van der Waals surface area contributed by atoms with E-state index in [-0.39, 0.29) is 10.0 Å². The van der Waals surface area contributed by atoms with E-state index in [9.17, 15) is 8.42 Å². The van der Waals surface area contributed by atoms with E-state index < -0.39 is 22.4 Å². The van der Waals surface area contributed by atoms with E-state index in [0.29, 0.717) is 0 Å². The van der Waals surface area contributed by atoms with Crippen molar-refractivity contribution < 1.29 is 17.9 Å². The molecule has 1 atom stereocenters. The first kappa shape index (κ1) is 15.3. The molecule has 1 aromatic rings. The van der Waals surface area contributed by atoms with Crippen molar-refractivity contribution in [2.75, 3.05) is 14.2 Å². The van der Waals surface area contributed by atoms with Crippen LogP contribution in [0.2, 0.25) is 5.15 Å². The summed E-state index contributed by atoms with van der Waals surface area (Å²) in [5, 5.41) is 0.112. The molecule has 1 rings (SSSR count). The number of rotatable bonds is 6. The fourth-order valence-corrected chi connectivity index (χ4v) is 2.91. The van der Waals surface area contributed by atoms with E-state index in [1.54, 1.807) is 6.92 Å². The smallest absolute Gasteiger partial charge is 0.241 e. The van der Waals surface area contributed by atoms with E-state index >= 15 is 0 Å². The van der Waals surface area contributed by atoms with Crippen molar-refractivity contribution in [1.82, 2.24) is 9.71 Å². The van der Waals surface area contributed by atoms with Gasteiger partial charge >= 0.3 is 0 Å². The molecule has 0 aromatic carbocycles. The van der Waals surface area contributed by atoms with Crippen LogP contribution in [-0.2, 0) is 19.5 Å². The maximum atomic E-state index is 12.0. The second-order valence-electron chi connectivity index (χ2n) is 3.56. The molecule has 102 valence electrons. The number of ether oxygens (including phenoxy) is 2. The molecule has 1 heterocycles. The van der Waals surface area contributed by atoms with Crippen molar-refractivity contribution in [3.05, 3.63) is 23.5 Å². The quantitative estimate of drug-likeness (QED) is 0.626. The fraction of sp³-hybridized carbons (Fsp3) is 0.500. The van der Waals surface area contributed by atoms with Gasteiger partial charge in [-0.05, 0) is 19.1 Å². The van der Waals surface area contributed by atoms with E-state index in [1.165, 1.54) is 32.5 Å². The molecule has 0 fully saturated rings. The lowest BCUT2D eigenvalue weighted by Gasteiger charge is -2.21. The zero-order valence-electron chi connectivity index (χ0n) is 10.3. The maximum Gasteiger partial charge on any atom is 0.241 e. The summed E-state index contributed by atoms with van der Waals surface area (Å²) in [6, 6.07) is 2.08. The Morgan fingerprint density at radius 3 is 2.50 bits per heavy atom. The summed E-state index contributed by atoms with van der Waals surface area (Å²) in [4.78, 5) is 3.77. The number of sulfonamides is 1. The molecule has 0 bridgehead atoms. The summed E-state index contributed by atoms with van der Waals surface area (Å²) in [5.41, 5.74) is 0. The van der Waals surface area contributed by atoms with Gasteiger partial charge in [0.25, 0.3) is 0 Å². The van der Waals surface area contributed by atoms with Crippen LogP contribution in [0.25, 0.3) is 0 Å². The summed E-state index contributed by atoms with van der Waals surface area (Å²) >= 11 is 5.65. The number of nitrogens with one attached hydrogen (secondary N) is 1. The van der Waals surface area contributed by atoms with Crippen LogP contribution in [0.1, 0.15) is 6.92 Å². The molecule has 0 saturated heterocycles. The lowest BCUT2D eigenvalue weighted by molar-refractivity contribution is -0.115. The normalized spacial score (nSPS) is 13.8. The molecule has 0 amide bonds. The van der Waals surface area contributed by atoms with Crippen LogP contribution < -0.4 is 4.72 Å². The van der Waals surface area contributed by atoms with Crippen molar-refractivity contribution in [3.8, 4) is 0 Å². The zero-order valence-corrected chi connectivity index (χ0v) is 11.8. The van der Waals surface area contributed by atoms with Crippen molar-refractivity contribution >= 4 is 21.6 Å². The maximum absolute atomic E-state index is 12.0. The van der Waals surface area contributed by atoms with Crippen molar-refractivity contribution in [1.29, 1.82) is 0 Å². The second kappa shape index (κ2) is 6.44. The van der Waals surface area contributed by atoms with Gasteiger partial charge in [0, 0.05) is 20.4 Å². The van der Waals surface area contributed by atoms with Crippen molar-refractivity contribution in [2.45, 2.75) is 24.2 Å². The van der Waals surface area contributed by atoms with Crippen molar-refractivity contribution in [3.63, 3.8) is 0 Å². The van der Waals surface area contributed by atoms with Gasteiger partial charge in [0.05, 0.1) is 10.9 Å². The Morgan fingerprint density at radius 2 is 2.00 bits per heavy atom. The van der Waals surface area contributed by atoms with Gasteiger partial charge in [0.2, 0.25) is 10.0 Å². The summed E-state index contributed by atoms with van der Waals surface area (Å²) < 4.78 is 36.4. The van der Waals surface area contributed by atoms with Crippen LogP contribution >= 0.6 is 11.6 Å². The Balaban J connectivity index is 2.89. The van der Waals surface area contributed by atoms with E-state index in [2.05, 4.69) is 9.71 Å². The minimum atomic E-state index is -3.68. The highest BCUT2D eigenvalue weighted by molar-refractivity contribution is 7.89. The molecule has 1 aromatic heterocycles. The first-order valence-corrected chi connectivity index (χ1v) is 6.96. The lowest BCUT2D eigenvalue weighted by atomic mass is 10.3. The molecule has 1 unspecified atom stereocenters. The lowest BCUT2D eigenvalue weighted by Crippen LogP contribution is -2.42. The van der Waals surface area contributed by atoms with E-state index in [0.717, 1.165) is 0 Å². The monoisotopic (exact) mass is 294 g/mol. The number of halogens is 1. The summed E-state index contributed by atoms with van der Waals surface area (Å²) in [6.45, 7) is 1.64. The largest absolute Gasteiger partial charge is 0.354 e. The van der Waals surface area contributed by atoms with Crippen molar-refractivity contribution in [2.24, 2.45) is 0 Å². The average Bonchev–Trinajstić information content (AvgIpc) is 2.30. The van der Waals surface area contributed by atoms with Crippen LogP contribution in [-0.4, -0.2) is 40.0 Å². The zero-order chi connectivity index (χ0) is 13.8. The predicted molar refractivity (Wildman–Crippen MR) is 66.8 cm³/mol. The third kappa shape index (κ3) is 3.89. The standard InChI is InChI=1S/C10H15ClN2O4S/c1-7(10(16-2)17-3)13-18(14,15)8-4-5-12-9(11)6-8/h4-7,10,13H,1-3H3. The Hall–Kier alpha value is -0.730. The third-order valence-electron chi connectivity index (χ3n) is 2.22. The molecule has 0 spiro atoms. The molecule has 0 aliphatic carbocycles. The van der Waals surface area contributed by atoms with Gasteiger partial charge in [-0.15, -0.1) is 0 Å². The van der Waals surface area contributed by atoms with E-state index in [4.69, 9.17) is 21.1 Å². The van der Waals surface area contributed by atoms with Gasteiger partial charge < -0.3 is 9.47 Å². The molecule has 0 aliphatic heterocycles. The molecule has 8 heteroatoms. The first-order valence-electron chi connectivity index (χ1n) is 5.10. The second-order valence-corrected chi connectivity index (χ2v) is 5.67. The molecule has 6 nitrogen and oxygen atoms in total. The van der Waals surface area contributed by atoms with Gasteiger partial charge in [0.15, 0.2) is 6.29 Å². The van der Waals surface area contributed by atoms with E-state index in [1.807, 2.05) is 0 Å². The average molecular weight is 295 g/mol. The van der Waals surface area contributed by atoms with Crippen LogP contribution in [0.5, 0.6) is 0 Å². The molecule has 0 radical (unpaired) electrons. The Morgan fingerprint density at radius 1 is 1.39 bits per heavy atom. The predicted octanol–water partition coefficient (Wildman–Crippen LogP) is 1.02. The Bertz CT molecular complexity index is 490. The summed E-state index contributed by atoms with van der Waals surface area (Å²) in [5.74, 6) is 0. The first-order chi connectivity index (χ1) is 8.40. The molecule has 18 heavy (non-hydrogen) atoms. The number of pyridine rings is 1. The van der Waals surface area contributed by atoms with Gasteiger partial charge in [-0.25, -0.2) is 18.1 Å².